The molecule has 0 saturated carbocycles. The molecule has 26 heavy (non-hydrogen) atoms. The zero-order valence-corrected chi connectivity index (χ0v) is 17.5. The first-order valence-corrected chi connectivity index (χ1v) is 9.42. The number of carbonyl (C=O) groups is 2. The van der Waals surface area contributed by atoms with E-state index in [0.717, 1.165) is 12.8 Å². The SMILES string of the molecule is CCC(OC(=O)c1ccc(C(=O)OC(CC)C(C)(C)C)cc1)C(C)(C)C. The molecule has 0 aliphatic heterocycles. The van der Waals surface area contributed by atoms with Crippen molar-refractivity contribution in [1.29, 1.82) is 0 Å². The number of rotatable bonds is 6. The van der Waals surface area contributed by atoms with Gasteiger partial charge in [0.05, 0.1) is 11.1 Å². The van der Waals surface area contributed by atoms with Crippen molar-refractivity contribution >= 4 is 11.9 Å². The van der Waals surface area contributed by atoms with Gasteiger partial charge in [-0.1, -0.05) is 55.4 Å². The maximum atomic E-state index is 12.4. The first kappa shape index (κ1) is 22.2. The number of esters is 2. The quantitative estimate of drug-likeness (QED) is 0.614. The van der Waals surface area contributed by atoms with Crippen molar-refractivity contribution in [3.05, 3.63) is 35.4 Å². The number of carbonyl (C=O) groups excluding carboxylic acids is 2. The predicted molar refractivity (Wildman–Crippen MR) is 104 cm³/mol. The van der Waals surface area contributed by atoms with Crippen LogP contribution in [0.5, 0.6) is 0 Å². The van der Waals surface area contributed by atoms with Crippen molar-refractivity contribution in [2.75, 3.05) is 0 Å². The average molecular weight is 363 g/mol. The van der Waals surface area contributed by atoms with Gasteiger partial charge >= 0.3 is 11.9 Å². The molecule has 1 aromatic carbocycles. The molecular weight excluding hydrogens is 328 g/mol. The van der Waals surface area contributed by atoms with Crippen LogP contribution in [0.4, 0.5) is 0 Å². The zero-order chi connectivity index (χ0) is 20.1. The van der Waals surface area contributed by atoms with Crippen LogP contribution in [0.3, 0.4) is 0 Å². The van der Waals surface area contributed by atoms with Crippen molar-refractivity contribution in [2.24, 2.45) is 10.8 Å². The number of hydrogen-bond donors (Lipinski definition) is 0. The molecule has 0 N–H and O–H groups in total. The second-order valence-corrected chi connectivity index (χ2v) is 8.91. The van der Waals surface area contributed by atoms with Crippen molar-refractivity contribution in [1.82, 2.24) is 0 Å². The van der Waals surface area contributed by atoms with Crippen LogP contribution in [0.25, 0.3) is 0 Å². The van der Waals surface area contributed by atoms with E-state index in [9.17, 15) is 9.59 Å². The van der Waals surface area contributed by atoms with Gasteiger partial charge in [-0.05, 0) is 47.9 Å². The Hall–Kier alpha value is -1.84. The highest BCUT2D eigenvalue weighted by Crippen LogP contribution is 2.27. The number of ether oxygens (including phenoxy) is 2. The summed E-state index contributed by atoms with van der Waals surface area (Å²) in [5.41, 5.74) is 0.645. The maximum Gasteiger partial charge on any atom is 0.338 e. The molecule has 0 aromatic heterocycles. The Kier molecular flexibility index (Phi) is 7.43. The normalized spacial score (nSPS) is 14.5. The number of benzene rings is 1. The molecule has 4 heteroatoms. The molecule has 0 amide bonds. The Morgan fingerprint density at radius 3 is 1.19 bits per heavy atom. The van der Waals surface area contributed by atoms with Crippen LogP contribution in [0, 0.1) is 10.8 Å². The van der Waals surface area contributed by atoms with Gasteiger partial charge in [-0.3, -0.25) is 0 Å². The monoisotopic (exact) mass is 362 g/mol. The summed E-state index contributed by atoms with van der Waals surface area (Å²) in [7, 11) is 0. The zero-order valence-electron chi connectivity index (χ0n) is 17.5. The van der Waals surface area contributed by atoms with Crippen LogP contribution in [0.1, 0.15) is 88.9 Å². The third-order valence-electron chi connectivity index (χ3n) is 4.53. The molecule has 146 valence electrons. The van der Waals surface area contributed by atoms with Gasteiger partial charge in [-0.15, -0.1) is 0 Å². The Labute approximate surface area is 158 Å². The van der Waals surface area contributed by atoms with E-state index in [0.29, 0.717) is 11.1 Å². The van der Waals surface area contributed by atoms with Gasteiger partial charge in [-0.2, -0.15) is 0 Å². The summed E-state index contributed by atoms with van der Waals surface area (Å²) in [6.45, 7) is 16.3. The third-order valence-corrected chi connectivity index (χ3v) is 4.53. The largest absolute Gasteiger partial charge is 0.458 e. The lowest BCUT2D eigenvalue weighted by atomic mass is 9.87. The van der Waals surface area contributed by atoms with Crippen molar-refractivity contribution in [3.8, 4) is 0 Å². The molecule has 0 radical (unpaired) electrons. The van der Waals surface area contributed by atoms with Crippen LogP contribution in [-0.2, 0) is 9.47 Å². The summed E-state index contributed by atoms with van der Waals surface area (Å²) in [5, 5.41) is 0. The first-order chi connectivity index (χ1) is 11.9. The lowest BCUT2D eigenvalue weighted by Crippen LogP contribution is -2.31. The van der Waals surface area contributed by atoms with Crippen LogP contribution >= 0.6 is 0 Å². The fraction of sp³-hybridized carbons (Fsp3) is 0.636. The molecule has 0 saturated heterocycles. The fourth-order valence-corrected chi connectivity index (χ4v) is 2.88. The lowest BCUT2D eigenvalue weighted by molar-refractivity contribution is -0.00496. The van der Waals surface area contributed by atoms with Crippen LogP contribution < -0.4 is 0 Å². The van der Waals surface area contributed by atoms with E-state index in [2.05, 4.69) is 0 Å². The summed E-state index contributed by atoms with van der Waals surface area (Å²) in [6, 6.07) is 6.47. The van der Waals surface area contributed by atoms with Gasteiger partial charge in [0.25, 0.3) is 0 Å². The minimum atomic E-state index is -0.368. The van der Waals surface area contributed by atoms with Crippen molar-refractivity contribution in [3.63, 3.8) is 0 Å². The van der Waals surface area contributed by atoms with E-state index in [1.807, 2.05) is 55.4 Å². The standard InChI is InChI=1S/C22H34O4/c1-9-17(21(3,4)5)25-19(23)15-11-13-16(14-12-15)20(24)26-18(10-2)22(6,7)8/h11-14,17-18H,9-10H2,1-8H3. The smallest absolute Gasteiger partial charge is 0.338 e. The van der Waals surface area contributed by atoms with Gasteiger partial charge in [0.2, 0.25) is 0 Å². The van der Waals surface area contributed by atoms with Gasteiger partial charge < -0.3 is 9.47 Å². The van der Waals surface area contributed by atoms with E-state index < -0.39 is 0 Å². The van der Waals surface area contributed by atoms with Crippen molar-refractivity contribution in [2.45, 2.75) is 80.4 Å². The van der Waals surface area contributed by atoms with Crippen LogP contribution in [-0.4, -0.2) is 24.1 Å². The Bertz CT molecular complexity index is 548. The molecule has 0 bridgehead atoms. The highest BCUT2D eigenvalue weighted by molar-refractivity contribution is 5.93. The molecule has 2 atom stereocenters. The summed E-state index contributed by atoms with van der Waals surface area (Å²) in [4.78, 5) is 24.7. The van der Waals surface area contributed by atoms with Gasteiger partial charge in [0.15, 0.2) is 0 Å². The molecule has 0 heterocycles. The van der Waals surface area contributed by atoms with E-state index >= 15 is 0 Å². The van der Waals surface area contributed by atoms with E-state index in [1.54, 1.807) is 24.3 Å². The van der Waals surface area contributed by atoms with E-state index in [-0.39, 0.29) is 35.0 Å². The van der Waals surface area contributed by atoms with Crippen LogP contribution in [0.15, 0.2) is 24.3 Å². The summed E-state index contributed by atoms with van der Waals surface area (Å²) in [5.74, 6) is -0.736. The Morgan fingerprint density at radius 1 is 0.731 bits per heavy atom. The molecule has 4 nitrogen and oxygen atoms in total. The molecule has 1 aromatic rings. The summed E-state index contributed by atoms with van der Waals surface area (Å²) in [6.07, 6.45) is 1.20. The van der Waals surface area contributed by atoms with Gasteiger partial charge in [0.1, 0.15) is 12.2 Å². The topological polar surface area (TPSA) is 52.6 Å². The molecule has 1 rings (SSSR count). The Balaban J connectivity index is 2.82. The minimum absolute atomic E-state index is 0.115. The van der Waals surface area contributed by atoms with Gasteiger partial charge in [-0.25, -0.2) is 9.59 Å². The molecule has 0 aliphatic carbocycles. The van der Waals surface area contributed by atoms with Crippen LogP contribution in [0.2, 0.25) is 0 Å². The summed E-state index contributed by atoms with van der Waals surface area (Å²) >= 11 is 0. The minimum Gasteiger partial charge on any atom is -0.458 e. The molecule has 0 aliphatic rings. The van der Waals surface area contributed by atoms with Gasteiger partial charge in [0, 0.05) is 0 Å². The summed E-state index contributed by atoms with van der Waals surface area (Å²) < 4.78 is 11.2. The first-order valence-electron chi connectivity index (χ1n) is 9.42. The fourth-order valence-electron chi connectivity index (χ4n) is 2.88. The van der Waals surface area contributed by atoms with E-state index in [1.165, 1.54) is 0 Å². The molecule has 0 spiro atoms. The van der Waals surface area contributed by atoms with Crippen molar-refractivity contribution < 1.29 is 19.1 Å². The molecule has 2 unspecified atom stereocenters. The molecular formula is C22H34O4. The molecule has 0 fully saturated rings. The predicted octanol–water partition coefficient (Wildman–Crippen LogP) is 5.65. The second-order valence-electron chi connectivity index (χ2n) is 8.91. The lowest BCUT2D eigenvalue weighted by Gasteiger charge is -2.29. The second kappa shape index (κ2) is 8.70. The highest BCUT2D eigenvalue weighted by atomic mass is 16.5. The maximum absolute atomic E-state index is 12.4. The highest BCUT2D eigenvalue weighted by Gasteiger charge is 2.28. The number of hydrogen-bond acceptors (Lipinski definition) is 4. The average Bonchev–Trinajstić information content (AvgIpc) is 2.54. The Morgan fingerprint density at radius 2 is 1.00 bits per heavy atom. The third kappa shape index (κ3) is 6.15. The van der Waals surface area contributed by atoms with E-state index in [4.69, 9.17) is 9.47 Å².